The highest BCUT2D eigenvalue weighted by Gasteiger charge is 2.50. The van der Waals surface area contributed by atoms with Crippen molar-refractivity contribution in [3.05, 3.63) is 23.9 Å². The molecule has 34 heavy (non-hydrogen) atoms. The number of halogens is 3. The summed E-state index contributed by atoms with van der Waals surface area (Å²) in [6, 6.07) is 2.38. The van der Waals surface area contributed by atoms with Gasteiger partial charge in [-0.2, -0.15) is 13.2 Å². The first-order chi connectivity index (χ1) is 16.2. The first-order valence-corrected chi connectivity index (χ1v) is 12.4. The molecule has 1 N–H and O–H groups in total. The average Bonchev–Trinajstić information content (AvgIpc) is 2.80. The van der Waals surface area contributed by atoms with Gasteiger partial charge in [0.2, 0.25) is 0 Å². The van der Waals surface area contributed by atoms with E-state index >= 15 is 0 Å². The zero-order valence-electron chi connectivity index (χ0n) is 19.3. The molecular weight excluding hydrogens is 447 g/mol. The summed E-state index contributed by atoms with van der Waals surface area (Å²) >= 11 is 0. The summed E-state index contributed by atoms with van der Waals surface area (Å²) in [5.41, 5.74) is -0.538. The quantitative estimate of drug-likeness (QED) is 0.620. The number of aromatic nitrogens is 1. The van der Waals surface area contributed by atoms with Gasteiger partial charge in [0.05, 0.1) is 11.5 Å². The van der Waals surface area contributed by atoms with Crippen molar-refractivity contribution in [1.82, 2.24) is 10.3 Å². The van der Waals surface area contributed by atoms with Crippen LogP contribution < -0.4 is 10.2 Å². The molecule has 5 aliphatic rings. The van der Waals surface area contributed by atoms with Gasteiger partial charge in [0, 0.05) is 25.8 Å². The zero-order valence-corrected chi connectivity index (χ0v) is 19.3. The minimum atomic E-state index is -4.41. The van der Waals surface area contributed by atoms with Crippen LogP contribution in [0, 0.1) is 29.1 Å². The molecule has 4 bridgehead atoms. The monoisotopic (exact) mass is 479 g/mol. The molecule has 6 nitrogen and oxygen atoms in total. The lowest BCUT2D eigenvalue weighted by Crippen LogP contribution is -2.51. The lowest BCUT2D eigenvalue weighted by atomic mass is 9.49. The molecule has 5 fully saturated rings. The number of carbonyl (C=O) groups is 2. The van der Waals surface area contributed by atoms with Gasteiger partial charge < -0.3 is 15.0 Å². The second-order valence-corrected chi connectivity index (χ2v) is 11.0. The van der Waals surface area contributed by atoms with Crippen LogP contribution in [0.2, 0.25) is 0 Å². The molecule has 2 heterocycles. The smallest absolute Gasteiger partial charge is 0.417 e. The van der Waals surface area contributed by atoms with Gasteiger partial charge in [-0.1, -0.05) is 0 Å². The van der Waals surface area contributed by atoms with Gasteiger partial charge in [-0.15, -0.1) is 0 Å². The van der Waals surface area contributed by atoms with Gasteiger partial charge in [-0.25, -0.2) is 4.98 Å². The highest BCUT2D eigenvalue weighted by molar-refractivity contribution is 5.81. The van der Waals surface area contributed by atoms with Crippen LogP contribution in [-0.4, -0.2) is 43.1 Å². The molecule has 4 saturated carbocycles. The Morgan fingerprint density at radius 3 is 2.21 bits per heavy atom. The van der Waals surface area contributed by atoms with Crippen molar-refractivity contribution in [1.29, 1.82) is 0 Å². The summed E-state index contributed by atoms with van der Waals surface area (Å²) in [4.78, 5) is 30.6. The van der Waals surface area contributed by atoms with Gasteiger partial charge in [-0.3, -0.25) is 9.59 Å². The minimum Gasteiger partial charge on any atom is -0.455 e. The number of nitrogens with one attached hydrogen (secondary N) is 1. The standard InChI is InChI=1S/C25H32F3N3O3/c26-25(27,28)20-1-2-21(29-13-20)31-5-3-19(4-6-31)23(33)34-14-22(32)30-15-24-10-16-7-17(11-24)9-18(8-16)12-24/h1-2,13,16-19H,3-12,14-15H2,(H,30,32). The molecule has 0 radical (unpaired) electrons. The van der Waals surface area contributed by atoms with Crippen LogP contribution in [-0.2, 0) is 20.5 Å². The molecule has 1 aliphatic heterocycles. The lowest BCUT2D eigenvalue weighted by Gasteiger charge is -2.56. The molecule has 1 amide bonds. The van der Waals surface area contributed by atoms with Gasteiger partial charge in [0.25, 0.3) is 5.91 Å². The summed E-state index contributed by atoms with van der Waals surface area (Å²) < 4.78 is 43.4. The van der Waals surface area contributed by atoms with Crippen molar-refractivity contribution in [2.75, 3.05) is 31.1 Å². The number of hydrogen-bond acceptors (Lipinski definition) is 5. The first kappa shape index (κ1) is 23.4. The molecule has 0 atom stereocenters. The van der Waals surface area contributed by atoms with E-state index in [9.17, 15) is 22.8 Å². The van der Waals surface area contributed by atoms with Crippen LogP contribution in [0.25, 0.3) is 0 Å². The van der Waals surface area contributed by atoms with E-state index in [-0.39, 0.29) is 29.8 Å². The second kappa shape index (κ2) is 9.04. The van der Waals surface area contributed by atoms with E-state index < -0.39 is 11.7 Å². The predicted molar refractivity (Wildman–Crippen MR) is 119 cm³/mol. The summed E-state index contributed by atoms with van der Waals surface area (Å²) in [5, 5.41) is 3.03. The van der Waals surface area contributed by atoms with Crippen LogP contribution >= 0.6 is 0 Å². The third kappa shape index (κ3) is 5.03. The lowest BCUT2D eigenvalue weighted by molar-refractivity contribution is -0.153. The molecule has 0 aromatic carbocycles. The topological polar surface area (TPSA) is 71.5 Å². The fourth-order valence-corrected chi connectivity index (χ4v) is 7.18. The predicted octanol–water partition coefficient (Wildman–Crippen LogP) is 4.19. The third-order valence-corrected chi connectivity index (χ3v) is 8.40. The fourth-order valence-electron chi connectivity index (χ4n) is 7.18. The summed E-state index contributed by atoms with van der Waals surface area (Å²) in [5.74, 6) is 1.99. The van der Waals surface area contributed by atoms with Gasteiger partial charge in [0.1, 0.15) is 5.82 Å². The fraction of sp³-hybridized carbons (Fsp3) is 0.720. The molecule has 186 valence electrons. The van der Waals surface area contributed by atoms with Crippen molar-refractivity contribution < 1.29 is 27.5 Å². The molecule has 1 aromatic rings. The number of esters is 1. The number of anilines is 1. The third-order valence-electron chi connectivity index (χ3n) is 8.40. The van der Waals surface area contributed by atoms with E-state index in [1.54, 1.807) is 0 Å². The van der Waals surface area contributed by atoms with Crippen molar-refractivity contribution in [2.45, 2.75) is 57.5 Å². The van der Waals surface area contributed by atoms with E-state index in [0.29, 0.717) is 38.3 Å². The number of rotatable bonds is 6. The SMILES string of the molecule is O=C(COC(=O)C1CCN(c2ccc(C(F)(F)F)cn2)CC1)NCC12CC3CC(CC(C3)C1)C2. The van der Waals surface area contributed by atoms with Crippen molar-refractivity contribution in [2.24, 2.45) is 29.1 Å². The number of alkyl halides is 3. The van der Waals surface area contributed by atoms with E-state index in [1.807, 2.05) is 4.90 Å². The number of nitrogens with zero attached hydrogens (tertiary/aromatic N) is 2. The van der Waals surface area contributed by atoms with Crippen molar-refractivity contribution in [3.8, 4) is 0 Å². The summed E-state index contributed by atoms with van der Waals surface area (Å²) in [7, 11) is 0. The molecular formula is C25H32F3N3O3. The van der Waals surface area contributed by atoms with E-state index in [1.165, 1.54) is 44.6 Å². The second-order valence-electron chi connectivity index (χ2n) is 11.0. The molecule has 1 saturated heterocycles. The molecule has 0 spiro atoms. The van der Waals surface area contributed by atoms with Gasteiger partial charge in [-0.05, 0) is 86.7 Å². The zero-order chi connectivity index (χ0) is 23.9. The van der Waals surface area contributed by atoms with Crippen LogP contribution in [0.5, 0.6) is 0 Å². The van der Waals surface area contributed by atoms with Crippen molar-refractivity contribution in [3.63, 3.8) is 0 Å². The van der Waals surface area contributed by atoms with Gasteiger partial charge in [0.15, 0.2) is 6.61 Å². The normalized spacial score (nSPS) is 30.9. The minimum absolute atomic E-state index is 0.240. The van der Waals surface area contributed by atoms with E-state index in [0.717, 1.165) is 30.0 Å². The molecule has 1 aromatic heterocycles. The Labute approximate surface area is 197 Å². The Hall–Kier alpha value is -2.32. The summed E-state index contributed by atoms with van der Waals surface area (Å²) in [6.07, 6.45) is 5.16. The maximum atomic E-state index is 12.7. The number of amides is 1. The Morgan fingerprint density at radius 1 is 1.06 bits per heavy atom. The maximum absolute atomic E-state index is 12.7. The number of hydrogen-bond donors (Lipinski definition) is 1. The van der Waals surface area contributed by atoms with Crippen LogP contribution in [0.3, 0.4) is 0 Å². The van der Waals surface area contributed by atoms with Gasteiger partial charge >= 0.3 is 12.1 Å². The van der Waals surface area contributed by atoms with Crippen molar-refractivity contribution >= 4 is 17.7 Å². The highest BCUT2D eigenvalue weighted by atomic mass is 19.4. The number of pyridine rings is 1. The van der Waals surface area contributed by atoms with E-state index in [2.05, 4.69) is 10.3 Å². The largest absolute Gasteiger partial charge is 0.455 e. The molecule has 6 rings (SSSR count). The Kier molecular flexibility index (Phi) is 6.23. The highest BCUT2D eigenvalue weighted by Crippen LogP contribution is 2.59. The Bertz CT molecular complexity index is 875. The molecule has 9 heteroatoms. The van der Waals surface area contributed by atoms with Crippen LogP contribution in [0.4, 0.5) is 19.0 Å². The maximum Gasteiger partial charge on any atom is 0.417 e. The van der Waals surface area contributed by atoms with E-state index in [4.69, 9.17) is 4.74 Å². The Morgan fingerprint density at radius 2 is 1.68 bits per heavy atom. The number of ether oxygens (including phenoxy) is 1. The summed E-state index contributed by atoms with van der Waals surface area (Å²) in [6.45, 7) is 1.42. The van der Waals surface area contributed by atoms with Crippen LogP contribution in [0.15, 0.2) is 18.3 Å². The average molecular weight is 480 g/mol. The Balaban J connectivity index is 1.03. The molecule has 0 unspecified atom stereocenters. The molecule has 4 aliphatic carbocycles. The first-order valence-electron chi connectivity index (χ1n) is 12.4. The number of carbonyl (C=O) groups excluding carboxylic acids is 2. The van der Waals surface area contributed by atoms with Crippen LogP contribution in [0.1, 0.15) is 56.9 Å². The number of piperidine rings is 1.